The molecular weight excluding hydrogens is 404 g/mol. The summed E-state index contributed by atoms with van der Waals surface area (Å²) in [4.78, 5) is 0. The predicted molar refractivity (Wildman–Crippen MR) is 112 cm³/mol. The number of ether oxygens (including phenoxy) is 3. The van der Waals surface area contributed by atoms with E-state index in [4.69, 9.17) is 31.5 Å². The quantitative estimate of drug-likeness (QED) is 0.580. The highest BCUT2D eigenvalue weighted by Gasteiger charge is 2.34. The van der Waals surface area contributed by atoms with Gasteiger partial charge in [0.2, 0.25) is 11.8 Å². The van der Waals surface area contributed by atoms with E-state index >= 15 is 0 Å². The minimum atomic E-state index is -0.352. The zero-order valence-corrected chi connectivity index (χ0v) is 16.9. The Balaban J connectivity index is 1.45. The van der Waals surface area contributed by atoms with Crippen molar-refractivity contribution in [2.75, 3.05) is 13.2 Å². The van der Waals surface area contributed by atoms with Crippen molar-refractivity contribution in [1.82, 2.24) is 10.2 Å². The number of rotatable bonds is 6. The van der Waals surface area contributed by atoms with Gasteiger partial charge in [0.1, 0.15) is 36.4 Å². The van der Waals surface area contributed by atoms with Crippen LogP contribution in [0.5, 0.6) is 17.4 Å². The standard InChI is InChI=1S/C22H19ClN4O3/c1-13-19-20(16(12-24)21(25)30-22(19)27-26-13)14-6-8-15(9-7-14)28-10-11-29-18-5-3-2-4-17(18)23/h2-9,20H,10-11,25H2,1H3,(H,26,27). The number of aromatic nitrogens is 2. The average molecular weight is 423 g/mol. The molecule has 0 radical (unpaired) electrons. The number of benzene rings is 2. The van der Waals surface area contributed by atoms with E-state index in [0.717, 1.165) is 16.8 Å². The first-order valence-electron chi connectivity index (χ1n) is 9.31. The molecule has 2 heterocycles. The SMILES string of the molecule is Cc1[nH]nc2c1C(c1ccc(OCCOc3ccccc3Cl)cc1)C(C#N)=C(N)O2. The lowest BCUT2D eigenvalue weighted by Gasteiger charge is -2.23. The van der Waals surface area contributed by atoms with Gasteiger partial charge in [0.25, 0.3) is 0 Å². The average Bonchev–Trinajstić information content (AvgIpc) is 3.12. The summed E-state index contributed by atoms with van der Waals surface area (Å²) in [6.45, 7) is 2.61. The molecule has 1 aliphatic rings. The number of nitrogens with two attached hydrogens (primary N) is 1. The third-order valence-electron chi connectivity index (χ3n) is 4.79. The number of aromatic amines is 1. The molecule has 1 aliphatic heterocycles. The van der Waals surface area contributed by atoms with Gasteiger partial charge in [-0.05, 0) is 36.8 Å². The van der Waals surface area contributed by atoms with Gasteiger partial charge in [0, 0.05) is 11.3 Å². The normalized spacial score (nSPS) is 15.2. The van der Waals surface area contributed by atoms with Crippen molar-refractivity contribution < 1.29 is 14.2 Å². The Morgan fingerprint density at radius 1 is 1.17 bits per heavy atom. The van der Waals surface area contributed by atoms with E-state index in [-0.39, 0.29) is 11.8 Å². The molecule has 0 saturated heterocycles. The van der Waals surface area contributed by atoms with Gasteiger partial charge in [0.05, 0.1) is 10.9 Å². The Hall–Kier alpha value is -3.63. The number of hydrogen-bond donors (Lipinski definition) is 2. The van der Waals surface area contributed by atoms with Gasteiger partial charge in [-0.25, -0.2) is 0 Å². The number of nitrogens with one attached hydrogen (secondary N) is 1. The molecule has 3 N–H and O–H groups in total. The number of halogens is 1. The molecule has 0 bridgehead atoms. The van der Waals surface area contributed by atoms with Crippen LogP contribution in [0.25, 0.3) is 0 Å². The number of para-hydroxylation sites is 1. The highest BCUT2D eigenvalue weighted by Crippen LogP contribution is 2.42. The van der Waals surface area contributed by atoms with Crippen molar-refractivity contribution in [2.45, 2.75) is 12.8 Å². The maximum absolute atomic E-state index is 9.61. The van der Waals surface area contributed by atoms with Crippen molar-refractivity contribution >= 4 is 11.6 Å². The van der Waals surface area contributed by atoms with Gasteiger partial charge in [0.15, 0.2) is 0 Å². The number of allylic oxidation sites excluding steroid dienone is 1. The van der Waals surface area contributed by atoms with Crippen LogP contribution in [-0.2, 0) is 0 Å². The number of aryl methyl sites for hydroxylation is 1. The fourth-order valence-electron chi connectivity index (χ4n) is 3.36. The summed E-state index contributed by atoms with van der Waals surface area (Å²) in [5.74, 6) is 1.42. The van der Waals surface area contributed by atoms with Gasteiger partial charge in [-0.15, -0.1) is 5.10 Å². The second-order valence-corrected chi connectivity index (χ2v) is 7.10. The molecule has 1 unspecified atom stereocenters. The van der Waals surface area contributed by atoms with E-state index < -0.39 is 0 Å². The van der Waals surface area contributed by atoms with E-state index in [1.54, 1.807) is 6.07 Å². The lowest BCUT2D eigenvalue weighted by molar-refractivity contribution is 0.217. The second kappa shape index (κ2) is 8.39. The molecule has 30 heavy (non-hydrogen) atoms. The summed E-state index contributed by atoms with van der Waals surface area (Å²) >= 11 is 6.07. The van der Waals surface area contributed by atoms with Crippen LogP contribution < -0.4 is 19.9 Å². The van der Waals surface area contributed by atoms with Crippen LogP contribution in [0.15, 0.2) is 60.0 Å². The molecule has 0 aliphatic carbocycles. The molecule has 0 saturated carbocycles. The van der Waals surface area contributed by atoms with Crippen LogP contribution in [0, 0.1) is 18.3 Å². The van der Waals surface area contributed by atoms with Gasteiger partial charge < -0.3 is 19.9 Å². The van der Waals surface area contributed by atoms with Crippen LogP contribution in [0.3, 0.4) is 0 Å². The summed E-state index contributed by atoms with van der Waals surface area (Å²) in [6, 6.07) is 17.0. The monoisotopic (exact) mass is 422 g/mol. The molecule has 7 nitrogen and oxygen atoms in total. The number of nitriles is 1. The number of nitrogens with zero attached hydrogens (tertiary/aromatic N) is 2. The molecule has 152 valence electrons. The van der Waals surface area contributed by atoms with Crippen molar-refractivity contribution in [3.63, 3.8) is 0 Å². The molecule has 0 amide bonds. The zero-order valence-electron chi connectivity index (χ0n) is 16.2. The first-order chi connectivity index (χ1) is 14.6. The van der Waals surface area contributed by atoms with E-state index in [1.165, 1.54) is 0 Å². The third kappa shape index (κ3) is 3.78. The molecule has 8 heteroatoms. The highest BCUT2D eigenvalue weighted by atomic mass is 35.5. The van der Waals surface area contributed by atoms with Gasteiger partial charge in [-0.3, -0.25) is 5.10 Å². The Morgan fingerprint density at radius 2 is 1.90 bits per heavy atom. The van der Waals surface area contributed by atoms with Crippen LogP contribution >= 0.6 is 11.6 Å². The summed E-state index contributed by atoms with van der Waals surface area (Å²) in [5.41, 5.74) is 8.83. The minimum absolute atomic E-state index is 0.0681. The van der Waals surface area contributed by atoms with Gasteiger partial charge in [-0.2, -0.15) is 5.26 Å². The maximum Gasteiger partial charge on any atom is 0.244 e. The number of hydrogen-bond acceptors (Lipinski definition) is 6. The topological polar surface area (TPSA) is 106 Å². The molecular formula is C22H19ClN4O3. The van der Waals surface area contributed by atoms with E-state index in [1.807, 2.05) is 49.4 Å². The highest BCUT2D eigenvalue weighted by molar-refractivity contribution is 6.32. The van der Waals surface area contributed by atoms with Crippen molar-refractivity contribution in [3.05, 3.63) is 81.8 Å². The van der Waals surface area contributed by atoms with Gasteiger partial charge in [-0.1, -0.05) is 35.9 Å². The summed E-state index contributed by atoms with van der Waals surface area (Å²) in [7, 11) is 0. The molecule has 0 spiro atoms. The molecule has 2 aromatic carbocycles. The second-order valence-electron chi connectivity index (χ2n) is 6.69. The van der Waals surface area contributed by atoms with E-state index in [2.05, 4.69) is 16.3 Å². The van der Waals surface area contributed by atoms with Crippen LogP contribution in [0.1, 0.15) is 22.7 Å². The Bertz CT molecular complexity index is 1130. The molecule has 1 atom stereocenters. The molecule has 1 aromatic heterocycles. The van der Waals surface area contributed by atoms with Crippen LogP contribution in [0.2, 0.25) is 5.02 Å². The van der Waals surface area contributed by atoms with Crippen LogP contribution in [0.4, 0.5) is 0 Å². The minimum Gasteiger partial charge on any atom is -0.490 e. The summed E-state index contributed by atoms with van der Waals surface area (Å²) < 4.78 is 16.9. The molecule has 4 rings (SSSR count). The lowest BCUT2D eigenvalue weighted by atomic mass is 9.84. The van der Waals surface area contributed by atoms with Gasteiger partial charge >= 0.3 is 0 Å². The first kappa shape index (κ1) is 19.7. The van der Waals surface area contributed by atoms with E-state index in [0.29, 0.717) is 41.2 Å². The Morgan fingerprint density at radius 3 is 2.63 bits per heavy atom. The summed E-state index contributed by atoms with van der Waals surface area (Å²) in [5, 5.41) is 17.2. The van der Waals surface area contributed by atoms with Crippen molar-refractivity contribution in [1.29, 1.82) is 5.26 Å². The smallest absolute Gasteiger partial charge is 0.244 e. The van der Waals surface area contributed by atoms with E-state index in [9.17, 15) is 5.26 Å². The van der Waals surface area contributed by atoms with Crippen molar-refractivity contribution in [3.8, 4) is 23.4 Å². The molecule has 3 aromatic rings. The first-order valence-corrected chi connectivity index (χ1v) is 9.69. The van der Waals surface area contributed by atoms with Crippen molar-refractivity contribution in [2.24, 2.45) is 5.73 Å². The fraction of sp³-hybridized carbons (Fsp3) is 0.182. The predicted octanol–water partition coefficient (Wildman–Crippen LogP) is 4.05. The van der Waals surface area contributed by atoms with Crippen LogP contribution in [-0.4, -0.2) is 23.4 Å². The Kier molecular flexibility index (Phi) is 5.50. The number of H-pyrrole nitrogens is 1. The maximum atomic E-state index is 9.61. The fourth-order valence-corrected chi connectivity index (χ4v) is 3.55. The third-order valence-corrected chi connectivity index (χ3v) is 5.10. The zero-order chi connectivity index (χ0) is 21.1. The lowest BCUT2D eigenvalue weighted by Crippen LogP contribution is -2.21. The molecule has 0 fully saturated rings. The summed E-state index contributed by atoms with van der Waals surface area (Å²) in [6.07, 6.45) is 0. The Labute approximate surface area is 178 Å². The largest absolute Gasteiger partial charge is 0.490 e. The number of fused-ring (bicyclic) bond motifs is 1.